The fourth-order valence-electron chi connectivity index (χ4n) is 4.97. The summed E-state index contributed by atoms with van der Waals surface area (Å²) in [6.45, 7) is 2.72. The van der Waals surface area contributed by atoms with Crippen LogP contribution in [0.2, 0.25) is 0 Å². The second kappa shape index (κ2) is 8.28. The van der Waals surface area contributed by atoms with Gasteiger partial charge < -0.3 is 4.90 Å². The molecule has 3 aromatic carbocycles. The molecular weight excluding hydrogens is 488 g/mol. The van der Waals surface area contributed by atoms with Crippen molar-refractivity contribution in [2.45, 2.75) is 37.1 Å². The quantitative estimate of drug-likeness (QED) is 0.497. The van der Waals surface area contributed by atoms with Gasteiger partial charge in [0, 0.05) is 29.3 Å². The lowest BCUT2D eigenvalue weighted by Crippen LogP contribution is -2.48. The van der Waals surface area contributed by atoms with Crippen molar-refractivity contribution < 1.29 is 13.2 Å². The Kier molecular flexibility index (Phi) is 5.60. The van der Waals surface area contributed by atoms with Crippen molar-refractivity contribution in [2.75, 3.05) is 18.0 Å². The van der Waals surface area contributed by atoms with Crippen LogP contribution in [0, 0.1) is 5.92 Å². The summed E-state index contributed by atoms with van der Waals surface area (Å²) in [5, 5.41) is 1.90. The van der Waals surface area contributed by atoms with Gasteiger partial charge in [0.2, 0.25) is 15.9 Å². The number of carbonyl (C=O) groups excluding carboxylic acids is 1. The number of benzene rings is 3. The number of halogens is 1. The van der Waals surface area contributed by atoms with Crippen LogP contribution >= 0.6 is 15.9 Å². The molecule has 1 fully saturated rings. The third-order valence-corrected chi connectivity index (χ3v) is 8.94. The van der Waals surface area contributed by atoms with Gasteiger partial charge in [-0.3, -0.25) is 4.79 Å². The van der Waals surface area contributed by atoms with Crippen molar-refractivity contribution in [3.8, 4) is 0 Å². The van der Waals surface area contributed by atoms with E-state index in [4.69, 9.17) is 0 Å². The summed E-state index contributed by atoms with van der Waals surface area (Å²) < 4.78 is 29.3. The van der Waals surface area contributed by atoms with Gasteiger partial charge in [-0.2, -0.15) is 4.31 Å². The predicted octanol–water partition coefficient (Wildman–Crippen LogP) is 4.98. The molecule has 2 aliphatic rings. The highest BCUT2D eigenvalue weighted by atomic mass is 79.9. The maximum atomic E-state index is 13.5. The monoisotopic (exact) mass is 512 g/mol. The van der Waals surface area contributed by atoms with E-state index in [2.05, 4.69) is 28.9 Å². The first-order valence-corrected chi connectivity index (χ1v) is 13.2. The number of hydrogen-bond acceptors (Lipinski definition) is 3. The minimum atomic E-state index is -3.67. The van der Waals surface area contributed by atoms with E-state index in [1.807, 2.05) is 47.4 Å². The topological polar surface area (TPSA) is 57.7 Å². The lowest BCUT2D eigenvalue weighted by molar-refractivity contribution is -0.123. The fraction of sp³-hybridized carbons (Fsp3) is 0.320. The molecule has 0 bridgehead atoms. The molecule has 3 aromatic rings. The molecule has 2 heterocycles. The van der Waals surface area contributed by atoms with Crippen LogP contribution in [0.1, 0.15) is 25.3 Å². The van der Waals surface area contributed by atoms with E-state index in [1.165, 1.54) is 4.31 Å². The Balaban J connectivity index is 1.40. The fourth-order valence-corrected chi connectivity index (χ4v) is 6.94. The van der Waals surface area contributed by atoms with Crippen molar-refractivity contribution in [1.82, 2.24) is 4.31 Å². The first-order chi connectivity index (χ1) is 15.3. The summed E-state index contributed by atoms with van der Waals surface area (Å²) in [5.41, 5.74) is 2.09. The van der Waals surface area contributed by atoms with Gasteiger partial charge in [0.05, 0.1) is 10.8 Å². The number of hydrogen-bond donors (Lipinski definition) is 0. The van der Waals surface area contributed by atoms with Gasteiger partial charge in [-0.05, 0) is 72.9 Å². The second-order valence-electron chi connectivity index (χ2n) is 8.75. The smallest absolute Gasteiger partial charge is 0.243 e. The molecule has 2 aliphatic heterocycles. The van der Waals surface area contributed by atoms with Crippen molar-refractivity contribution >= 4 is 48.3 Å². The Bertz CT molecular complexity index is 1310. The highest BCUT2D eigenvalue weighted by Crippen LogP contribution is 2.36. The van der Waals surface area contributed by atoms with Gasteiger partial charge in [-0.25, -0.2) is 8.42 Å². The molecule has 0 aromatic heterocycles. The van der Waals surface area contributed by atoms with Crippen LogP contribution in [0.15, 0.2) is 70.0 Å². The summed E-state index contributed by atoms with van der Waals surface area (Å²) >= 11 is 3.51. The van der Waals surface area contributed by atoms with E-state index >= 15 is 0 Å². The molecule has 0 unspecified atom stereocenters. The highest BCUT2D eigenvalue weighted by Gasteiger charge is 2.39. The Hall–Kier alpha value is -2.22. The van der Waals surface area contributed by atoms with Crippen molar-refractivity contribution in [3.05, 3.63) is 70.7 Å². The van der Waals surface area contributed by atoms with Crippen LogP contribution in [0.25, 0.3) is 10.8 Å². The Morgan fingerprint density at radius 1 is 1.03 bits per heavy atom. The summed E-state index contributed by atoms with van der Waals surface area (Å²) in [4.78, 5) is 15.7. The largest absolute Gasteiger partial charge is 0.309 e. The molecule has 0 aliphatic carbocycles. The van der Waals surface area contributed by atoms with Gasteiger partial charge in [0.15, 0.2) is 0 Å². The summed E-state index contributed by atoms with van der Waals surface area (Å²) in [6, 6.07) is 19.0. The van der Waals surface area contributed by atoms with E-state index in [0.717, 1.165) is 32.9 Å². The predicted molar refractivity (Wildman–Crippen MR) is 130 cm³/mol. The van der Waals surface area contributed by atoms with E-state index in [0.29, 0.717) is 19.4 Å². The Morgan fingerprint density at radius 2 is 1.81 bits per heavy atom. The molecule has 32 heavy (non-hydrogen) atoms. The van der Waals surface area contributed by atoms with Crippen molar-refractivity contribution in [3.63, 3.8) is 0 Å². The molecule has 0 radical (unpaired) electrons. The molecule has 1 amide bonds. The van der Waals surface area contributed by atoms with Crippen LogP contribution in [0.5, 0.6) is 0 Å². The Morgan fingerprint density at radius 3 is 2.62 bits per heavy atom. The molecule has 7 heteroatoms. The molecule has 0 N–H and O–H groups in total. The molecule has 1 saturated heterocycles. The number of carbonyl (C=O) groups is 1. The van der Waals surface area contributed by atoms with Crippen LogP contribution in [0.3, 0.4) is 0 Å². The van der Waals surface area contributed by atoms with E-state index in [9.17, 15) is 13.2 Å². The molecular formula is C25H25BrN2O3S. The van der Waals surface area contributed by atoms with Crippen molar-refractivity contribution in [1.29, 1.82) is 0 Å². The minimum Gasteiger partial charge on any atom is -0.309 e. The summed E-state index contributed by atoms with van der Waals surface area (Å²) in [7, 11) is -3.67. The molecule has 166 valence electrons. The standard InChI is InChI=1S/C25H25BrN2O3S/c1-17-13-21-14-22(26)9-11-24(21)28(17)25(29)20-7-4-12-27(16-20)32(30,31)23-10-8-18-5-2-3-6-19(18)15-23/h2-3,5-6,8-11,14-15,17,20H,4,7,12-13,16H2,1H3/t17-,20-/m1/s1. The number of piperidine rings is 1. The average molecular weight is 513 g/mol. The van der Waals surface area contributed by atoms with Crippen LogP contribution in [-0.4, -0.2) is 37.8 Å². The molecule has 0 spiro atoms. The van der Waals surface area contributed by atoms with Crippen LogP contribution in [-0.2, 0) is 21.2 Å². The first kappa shape index (κ1) is 21.6. The highest BCUT2D eigenvalue weighted by molar-refractivity contribution is 9.10. The summed E-state index contributed by atoms with van der Waals surface area (Å²) in [5.74, 6) is -0.312. The van der Waals surface area contributed by atoms with Crippen molar-refractivity contribution in [2.24, 2.45) is 5.92 Å². The minimum absolute atomic E-state index is 0.0250. The first-order valence-electron chi connectivity index (χ1n) is 10.9. The third kappa shape index (κ3) is 3.76. The number of nitrogens with zero attached hydrogens (tertiary/aromatic N) is 2. The zero-order chi connectivity index (χ0) is 22.5. The molecule has 0 saturated carbocycles. The molecule has 2 atom stereocenters. The van der Waals surface area contributed by atoms with Gasteiger partial charge >= 0.3 is 0 Å². The van der Waals surface area contributed by atoms with Gasteiger partial charge in [0.25, 0.3) is 0 Å². The van der Waals surface area contributed by atoms with E-state index < -0.39 is 10.0 Å². The number of fused-ring (bicyclic) bond motifs is 2. The lowest BCUT2D eigenvalue weighted by Gasteiger charge is -2.34. The second-order valence-corrected chi connectivity index (χ2v) is 11.6. The normalized spacial score (nSPS) is 21.6. The maximum absolute atomic E-state index is 13.5. The maximum Gasteiger partial charge on any atom is 0.243 e. The molecule has 5 nitrogen and oxygen atoms in total. The van der Waals surface area contributed by atoms with Gasteiger partial charge in [-0.15, -0.1) is 0 Å². The number of rotatable bonds is 3. The lowest BCUT2D eigenvalue weighted by atomic mass is 9.97. The van der Waals surface area contributed by atoms with Crippen LogP contribution < -0.4 is 4.90 Å². The number of sulfonamides is 1. The van der Waals surface area contributed by atoms with Gasteiger partial charge in [-0.1, -0.05) is 46.3 Å². The van der Waals surface area contributed by atoms with E-state index in [1.54, 1.807) is 12.1 Å². The zero-order valence-electron chi connectivity index (χ0n) is 17.9. The third-order valence-electron chi connectivity index (χ3n) is 6.59. The Labute approximate surface area is 197 Å². The van der Waals surface area contributed by atoms with Crippen LogP contribution in [0.4, 0.5) is 5.69 Å². The van der Waals surface area contributed by atoms with Gasteiger partial charge in [0.1, 0.15) is 0 Å². The molecule has 5 rings (SSSR count). The SMILES string of the molecule is C[C@@H]1Cc2cc(Br)ccc2N1C(=O)[C@@H]1CCCN(S(=O)(=O)c2ccc3ccccc3c2)C1. The number of amides is 1. The number of anilines is 1. The van der Waals surface area contributed by atoms with E-state index in [-0.39, 0.29) is 29.3 Å². The zero-order valence-corrected chi connectivity index (χ0v) is 20.3. The summed E-state index contributed by atoms with van der Waals surface area (Å²) in [6.07, 6.45) is 2.20. The average Bonchev–Trinajstić information content (AvgIpc) is 3.12.